The van der Waals surface area contributed by atoms with Crippen LogP contribution in [0.5, 0.6) is 17.2 Å². The van der Waals surface area contributed by atoms with Crippen molar-refractivity contribution in [3.05, 3.63) is 59.3 Å². The molecule has 0 saturated heterocycles. The Morgan fingerprint density at radius 2 is 2.00 bits per heavy atom. The number of phenolic OH excluding ortho intramolecular Hbond substituents is 1. The molecule has 0 bridgehead atoms. The first-order valence-electron chi connectivity index (χ1n) is 8.48. The number of aromatic hydroxyl groups is 1. The van der Waals surface area contributed by atoms with E-state index in [-0.39, 0.29) is 5.75 Å². The number of nitrogens with zero attached hydrogens (tertiary/aromatic N) is 1. The van der Waals surface area contributed by atoms with Crippen molar-refractivity contribution in [3.8, 4) is 17.2 Å². The lowest BCUT2D eigenvalue weighted by Gasteiger charge is -2.11. The number of rotatable bonds is 4. The van der Waals surface area contributed by atoms with E-state index in [1.54, 1.807) is 20.3 Å². The van der Waals surface area contributed by atoms with Crippen molar-refractivity contribution in [1.29, 1.82) is 0 Å². The number of aliphatic imine (C=N–C) groups is 1. The number of allylic oxidation sites excluding steroid dienone is 1. The third-order valence-electron chi connectivity index (χ3n) is 4.68. The Morgan fingerprint density at radius 3 is 2.81 bits per heavy atom. The highest BCUT2D eigenvalue weighted by Gasteiger charge is 2.18. The fraction of sp³-hybridized carbons (Fsp3) is 0.190. The minimum absolute atomic E-state index is 0.129. The van der Waals surface area contributed by atoms with E-state index in [0.29, 0.717) is 11.3 Å². The first-order chi connectivity index (χ1) is 12.7. The minimum Gasteiger partial charge on any atom is -0.504 e. The van der Waals surface area contributed by atoms with Crippen LogP contribution in [0.2, 0.25) is 0 Å². The van der Waals surface area contributed by atoms with Crippen LogP contribution in [0.15, 0.2) is 47.5 Å². The van der Waals surface area contributed by atoms with Gasteiger partial charge in [-0.2, -0.15) is 0 Å². The first-order valence-corrected chi connectivity index (χ1v) is 8.48. The molecule has 26 heavy (non-hydrogen) atoms. The Kier molecular flexibility index (Phi) is 4.13. The third-order valence-corrected chi connectivity index (χ3v) is 4.68. The van der Waals surface area contributed by atoms with Crippen molar-refractivity contribution < 1.29 is 14.6 Å². The number of methoxy groups -OCH3 is 2. The third kappa shape index (κ3) is 2.71. The van der Waals surface area contributed by atoms with Crippen LogP contribution < -0.4 is 9.47 Å². The van der Waals surface area contributed by atoms with Gasteiger partial charge in [-0.25, -0.2) is 0 Å². The number of hydrogen-bond donors (Lipinski definition) is 2. The second-order valence-electron chi connectivity index (χ2n) is 6.14. The Hall–Kier alpha value is -3.21. The molecule has 132 valence electrons. The maximum Gasteiger partial charge on any atom is 0.165 e. The lowest BCUT2D eigenvalue weighted by atomic mass is 10.0. The Balaban J connectivity index is 1.72. The molecule has 1 aromatic heterocycles. The van der Waals surface area contributed by atoms with Gasteiger partial charge in [-0.3, -0.25) is 4.99 Å². The van der Waals surface area contributed by atoms with E-state index in [1.807, 2.05) is 36.4 Å². The standard InChI is InChI=1S/C21H20N2O3/c1-25-14-7-8-15-16-10-11-22-17(20(16)23-18(15)12-14)9-6-13-4-3-5-19(26-2)21(13)24/h3-9,12,23-24H,10-11H2,1-2H3/b9-6+. The number of para-hydroxylation sites is 1. The summed E-state index contributed by atoms with van der Waals surface area (Å²) in [5.41, 5.74) is 4.91. The summed E-state index contributed by atoms with van der Waals surface area (Å²) in [6.07, 6.45) is 4.69. The van der Waals surface area contributed by atoms with E-state index in [4.69, 9.17) is 9.47 Å². The highest BCUT2D eigenvalue weighted by molar-refractivity contribution is 6.14. The number of benzene rings is 2. The van der Waals surface area contributed by atoms with Gasteiger partial charge in [-0.15, -0.1) is 0 Å². The molecule has 0 fully saturated rings. The van der Waals surface area contributed by atoms with Crippen LogP contribution in [-0.4, -0.2) is 36.6 Å². The topological polar surface area (TPSA) is 66.8 Å². The number of H-pyrrole nitrogens is 1. The molecule has 2 aromatic carbocycles. The van der Waals surface area contributed by atoms with Gasteiger partial charge < -0.3 is 19.6 Å². The van der Waals surface area contributed by atoms with Gasteiger partial charge in [0.05, 0.1) is 25.6 Å². The van der Waals surface area contributed by atoms with E-state index in [1.165, 1.54) is 10.9 Å². The summed E-state index contributed by atoms with van der Waals surface area (Å²) in [6.45, 7) is 0.746. The number of aromatic nitrogens is 1. The average Bonchev–Trinajstić information content (AvgIpc) is 3.05. The van der Waals surface area contributed by atoms with Gasteiger partial charge in [0.15, 0.2) is 11.5 Å². The zero-order valence-electron chi connectivity index (χ0n) is 14.7. The Morgan fingerprint density at radius 1 is 1.12 bits per heavy atom. The minimum atomic E-state index is 0.129. The summed E-state index contributed by atoms with van der Waals surface area (Å²) in [4.78, 5) is 8.12. The normalized spacial score (nSPS) is 13.7. The number of fused-ring (bicyclic) bond motifs is 3. The zero-order valence-corrected chi connectivity index (χ0v) is 14.7. The molecule has 4 rings (SSSR count). The number of hydrogen-bond acceptors (Lipinski definition) is 4. The van der Waals surface area contributed by atoms with Crippen molar-refractivity contribution in [3.63, 3.8) is 0 Å². The van der Waals surface area contributed by atoms with Crippen LogP contribution in [0.25, 0.3) is 17.0 Å². The lowest BCUT2D eigenvalue weighted by Crippen LogP contribution is -2.09. The largest absolute Gasteiger partial charge is 0.504 e. The van der Waals surface area contributed by atoms with Gasteiger partial charge in [-0.1, -0.05) is 12.1 Å². The molecule has 5 nitrogen and oxygen atoms in total. The Labute approximate surface area is 151 Å². The Bertz CT molecular complexity index is 1030. The van der Waals surface area contributed by atoms with Crippen molar-refractivity contribution in [2.24, 2.45) is 4.99 Å². The molecule has 1 aliphatic heterocycles. The molecule has 0 saturated carbocycles. The van der Waals surface area contributed by atoms with Crippen molar-refractivity contribution in [2.45, 2.75) is 6.42 Å². The lowest BCUT2D eigenvalue weighted by molar-refractivity contribution is 0.373. The summed E-state index contributed by atoms with van der Waals surface area (Å²) in [6, 6.07) is 11.5. The van der Waals surface area contributed by atoms with Crippen LogP contribution in [0.3, 0.4) is 0 Å². The molecule has 5 heteroatoms. The SMILES string of the molecule is COc1ccc2c3c([nH]c2c1)C(/C=C/c1cccc(OC)c1O)=NCC3. The van der Waals surface area contributed by atoms with Gasteiger partial charge in [0.2, 0.25) is 0 Å². The van der Waals surface area contributed by atoms with Crippen LogP contribution in [0, 0.1) is 0 Å². The van der Waals surface area contributed by atoms with Gasteiger partial charge in [0.1, 0.15) is 5.75 Å². The molecule has 1 aliphatic rings. The molecule has 0 aliphatic carbocycles. The molecular formula is C21H20N2O3. The van der Waals surface area contributed by atoms with Crippen LogP contribution in [0.1, 0.15) is 16.8 Å². The van der Waals surface area contributed by atoms with E-state index >= 15 is 0 Å². The number of aromatic amines is 1. The summed E-state index contributed by atoms with van der Waals surface area (Å²) >= 11 is 0. The highest BCUT2D eigenvalue weighted by atomic mass is 16.5. The van der Waals surface area contributed by atoms with Crippen LogP contribution in [-0.2, 0) is 6.42 Å². The first kappa shape index (κ1) is 16.3. The monoisotopic (exact) mass is 348 g/mol. The fourth-order valence-corrected chi connectivity index (χ4v) is 3.35. The molecule has 0 amide bonds. The smallest absolute Gasteiger partial charge is 0.165 e. The molecule has 0 radical (unpaired) electrons. The van der Waals surface area contributed by atoms with Gasteiger partial charge in [0, 0.05) is 29.1 Å². The fourth-order valence-electron chi connectivity index (χ4n) is 3.35. The summed E-state index contributed by atoms with van der Waals surface area (Å²) < 4.78 is 10.5. The number of ether oxygens (including phenoxy) is 2. The molecule has 0 unspecified atom stereocenters. The van der Waals surface area contributed by atoms with E-state index < -0.39 is 0 Å². The van der Waals surface area contributed by atoms with Crippen LogP contribution >= 0.6 is 0 Å². The highest BCUT2D eigenvalue weighted by Crippen LogP contribution is 2.32. The van der Waals surface area contributed by atoms with Gasteiger partial charge in [-0.05, 0) is 42.3 Å². The van der Waals surface area contributed by atoms with Crippen molar-refractivity contribution in [1.82, 2.24) is 4.98 Å². The molecular weight excluding hydrogens is 328 g/mol. The number of nitrogens with one attached hydrogen (secondary N) is 1. The van der Waals surface area contributed by atoms with E-state index in [2.05, 4.69) is 16.0 Å². The molecule has 2 heterocycles. The molecule has 2 N–H and O–H groups in total. The van der Waals surface area contributed by atoms with Crippen molar-refractivity contribution in [2.75, 3.05) is 20.8 Å². The summed E-state index contributed by atoms with van der Waals surface area (Å²) in [7, 11) is 3.21. The summed E-state index contributed by atoms with van der Waals surface area (Å²) in [5, 5.41) is 11.4. The maximum absolute atomic E-state index is 10.2. The average molecular weight is 348 g/mol. The predicted molar refractivity (Wildman–Crippen MR) is 104 cm³/mol. The van der Waals surface area contributed by atoms with E-state index in [0.717, 1.165) is 35.6 Å². The van der Waals surface area contributed by atoms with Gasteiger partial charge >= 0.3 is 0 Å². The van der Waals surface area contributed by atoms with Gasteiger partial charge in [0.25, 0.3) is 0 Å². The maximum atomic E-state index is 10.2. The van der Waals surface area contributed by atoms with Crippen LogP contribution in [0.4, 0.5) is 0 Å². The zero-order chi connectivity index (χ0) is 18.1. The van der Waals surface area contributed by atoms with E-state index in [9.17, 15) is 5.11 Å². The second-order valence-corrected chi connectivity index (χ2v) is 6.14. The quantitative estimate of drug-likeness (QED) is 0.750. The second kappa shape index (κ2) is 6.59. The predicted octanol–water partition coefficient (Wildman–Crippen LogP) is 3.95. The molecule has 0 atom stereocenters. The summed E-state index contributed by atoms with van der Waals surface area (Å²) in [5.74, 6) is 1.41. The molecule has 3 aromatic rings. The van der Waals surface area contributed by atoms with Crippen molar-refractivity contribution >= 4 is 22.7 Å². The molecule has 0 spiro atoms. The number of phenols is 1.